The Morgan fingerprint density at radius 2 is 2.04 bits per heavy atom. The molecule has 1 aromatic carbocycles. The minimum absolute atomic E-state index is 0.0683. The summed E-state index contributed by atoms with van der Waals surface area (Å²) in [5.41, 5.74) is 2.29. The van der Waals surface area contributed by atoms with Gasteiger partial charge in [-0.3, -0.25) is 9.59 Å². The van der Waals surface area contributed by atoms with Gasteiger partial charge in [0.1, 0.15) is 0 Å². The lowest BCUT2D eigenvalue weighted by Crippen LogP contribution is -2.50. The van der Waals surface area contributed by atoms with Gasteiger partial charge in [0.15, 0.2) is 0 Å². The first-order valence-electron chi connectivity index (χ1n) is 7.93. The molecule has 0 aliphatic carbocycles. The summed E-state index contributed by atoms with van der Waals surface area (Å²) in [6.07, 6.45) is 0.766. The number of hydrogen-bond donors (Lipinski definition) is 1. The number of carboxylic acid groups (broad SMARTS) is 1. The molecule has 0 spiro atoms. The van der Waals surface area contributed by atoms with Gasteiger partial charge in [-0.2, -0.15) is 0 Å². The standard InChI is InChI=1S/C17H21NO5/c19-16(18-6-8-22-11-13(18)9-17(20)21)10-15-14-4-2-1-3-12(14)5-7-23-15/h1-4,13,15H,5-11H2,(H,20,21). The van der Waals surface area contributed by atoms with E-state index in [0.29, 0.717) is 19.8 Å². The monoisotopic (exact) mass is 319 g/mol. The molecule has 1 aromatic rings. The normalized spacial score (nSPS) is 24.1. The molecule has 2 heterocycles. The molecule has 2 unspecified atom stereocenters. The number of fused-ring (bicyclic) bond motifs is 1. The molecule has 1 saturated heterocycles. The number of carbonyl (C=O) groups is 2. The second-order valence-electron chi connectivity index (χ2n) is 5.93. The van der Waals surface area contributed by atoms with E-state index in [0.717, 1.165) is 12.0 Å². The van der Waals surface area contributed by atoms with Crippen molar-refractivity contribution in [3.05, 3.63) is 35.4 Å². The van der Waals surface area contributed by atoms with Crippen molar-refractivity contribution in [3.8, 4) is 0 Å². The second-order valence-corrected chi connectivity index (χ2v) is 5.93. The highest BCUT2D eigenvalue weighted by molar-refractivity contribution is 5.78. The van der Waals surface area contributed by atoms with Crippen LogP contribution in [-0.4, -0.2) is 54.3 Å². The number of amides is 1. The van der Waals surface area contributed by atoms with Crippen LogP contribution in [-0.2, 0) is 25.5 Å². The maximum absolute atomic E-state index is 12.7. The molecule has 124 valence electrons. The fourth-order valence-corrected chi connectivity index (χ4v) is 3.28. The average molecular weight is 319 g/mol. The van der Waals surface area contributed by atoms with E-state index in [4.69, 9.17) is 14.6 Å². The van der Waals surface area contributed by atoms with Crippen molar-refractivity contribution in [1.82, 2.24) is 4.90 Å². The predicted octanol–water partition coefficient (Wildman–Crippen LogP) is 1.39. The molecule has 1 amide bonds. The van der Waals surface area contributed by atoms with Crippen LogP contribution in [0.5, 0.6) is 0 Å². The summed E-state index contributed by atoms with van der Waals surface area (Å²) in [6, 6.07) is 7.62. The van der Waals surface area contributed by atoms with Crippen LogP contribution >= 0.6 is 0 Å². The van der Waals surface area contributed by atoms with Crippen LogP contribution in [0, 0.1) is 0 Å². The zero-order valence-electron chi connectivity index (χ0n) is 12.9. The van der Waals surface area contributed by atoms with E-state index < -0.39 is 12.0 Å². The van der Waals surface area contributed by atoms with Crippen LogP contribution in [0.1, 0.15) is 30.1 Å². The number of carbonyl (C=O) groups excluding carboxylic acids is 1. The van der Waals surface area contributed by atoms with Gasteiger partial charge < -0.3 is 19.5 Å². The van der Waals surface area contributed by atoms with Gasteiger partial charge in [-0.25, -0.2) is 0 Å². The number of carboxylic acids is 1. The highest BCUT2D eigenvalue weighted by Gasteiger charge is 2.32. The van der Waals surface area contributed by atoms with Crippen LogP contribution in [0.15, 0.2) is 24.3 Å². The lowest BCUT2D eigenvalue weighted by Gasteiger charge is -2.36. The Morgan fingerprint density at radius 1 is 1.22 bits per heavy atom. The van der Waals surface area contributed by atoms with Gasteiger partial charge in [-0.15, -0.1) is 0 Å². The lowest BCUT2D eigenvalue weighted by molar-refractivity contribution is -0.148. The Kier molecular flexibility index (Phi) is 4.93. The Morgan fingerprint density at radius 3 is 2.87 bits per heavy atom. The van der Waals surface area contributed by atoms with E-state index in [1.165, 1.54) is 5.56 Å². The minimum Gasteiger partial charge on any atom is -0.481 e. The molecular weight excluding hydrogens is 298 g/mol. The van der Waals surface area contributed by atoms with E-state index in [9.17, 15) is 9.59 Å². The third-order valence-electron chi connectivity index (χ3n) is 4.41. The summed E-state index contributed by atoms with van der Waals surface area (Å²) in [6.45, 7) is 1.77. The van der Waals surface area contributed by atoms with Gasteiger partial charge >= 0.3 is 5.97 Å². The van der Waals surface area contributed by atoms with Crippen LogP contribution in [0.2, 0.25) is 0 Å². The molecule has 0 aromatic heterocycles. The molecule has 2 aliphatic rings. The van der Waals surface area contributed by atoms with Crippen molar-refractivity contribution in [2.75, 3.05) is 26.4 Å². The van der Waals surface area contributed by atoms with Crippen LogP contribution < -0.4 is 0 Å². The number of ether oxygens (including phenoxy) is 2. The largest absolute Gasteiger partial charge is 0.481 e. The highest BCUT2D eigenvalue weighted by Crippen LogP contribution is 2.30. The van der Waals surface area contributed by atoms with E-state index in [-0.39, 0.29) is 31.5 Å². The molecule has 2 atom stereocenters. The van der Waals surface area contributed by atoms with E-state index in [2.05, 4.69) is 6.07 Å². The molecule has 0 radical (unpaired) electrons. The fraction of sp³-hybridized carbons (Fsp3) is 0.529. The maximum atomic E-state index is 12.7. The topological polar surface area (TPSA) is 76.1 Å². The average Bonchev–Trinajstić information content (AvgIpc) is 2.55. The van der Waals surface area contributed by atoms with Gasteiger partial charge in [-0.05, 0) is 17.5 Å². The Labute approximate surface area is 135 Å². The first kappa shape index (κ1) is 16.0. The van der Waals surface area contributed by atoms with Gasteiger partial charge in [0.05, 0.1) is 44.8 Å². The number of nitrogens with zero attached hydrogens (tertiary/aromatic N) is 1. The van der Waals surface area contributed by atoms with Gasteiger partial charge in [-0.1, -0.05) is 24.3 Å². The minimum atomic E-state index is -0.919. The Balaban J connectivity index is 1.70. The summed E-state index contributed by atoms with van der Waals surface area (Å²) in [5, 5.41) is 9.00. The highest BCUT2D eigenvalue weighted by atomic mass is 16.5. The lowest BCUT2D eigenvalue weighted by atomic mass is 9.95. The summed E-state index contributed by atoms with van der Waals surface area (Å²) in [5.74, 6) is -0.987. The number of rotatable bonds is 4. The molecule has 2 aliphatic heterocycles. The Hall–Kier alpha value is -1.92. The third-order valence-corrected chi connectivity index (χ3v) is 4.41. The zero-order valence-corrected chi connectivity index (χ0v) is 12.9. The van der Waals surface area contributed by atoms with E-state index in [1.54, 1.807) is 4.90 Å². The summed E-state index contributed by atoms with van der Waals surface area (Å²) in [7, 11) is 0. The van der Waals surface area contributed by atoms with Gasteiger partial charge in [0, 0.05) is 6.54 Å². The molecule has 0 saturated carbocycles. The number of benzene rings is 1. The van der Waals surface area contributed by atoms with Crippen molar-refractivity contribution >= 4 is 11.9 Å². The van der Waals surface area contributed by atoms with Gasteiger partial charge in [0.2, 0.25) is 5.91 Å². The molecule has 0 bridgehead atoms. The number of morpholine rings is 1. The molecule has 1 fully saturated rings. The summed E-state index contributed by atoms with van der Waals surface area (Å²) in [4.78, 5) is 25.3. The van der Waals surface area contributed by atoms with Crippen molar-refractivity contribution in [1.29, 1.82) is 0 Å². The van der Waals surface area contributed by atoms with Crippen molar-refractivity contribution in [2.24, 2.45) is 0 Å². The van der Waals surface area contributed by atoms with Crippen LogP contribution in [0.4, 0.5) is 0 Å². The smallest absolute Gasteiger partial charge is 0.305 e. The van der Waals surface area contributed by atoms with Crippen LogP contribution in [0.3, 0.4) is 0 Å². The molecule has 1 N–H and O–H groups in total. The predicted molar refractivity (Wildman–Crippen MR) is 82.0 cm³/mol. The molecular formula is C17H21NO5. The van der Waals surface area contributed by atoms with Crippen molar-refractivity contribution in [2.45, 2.75) is 31.4 Å². The molecule has 6 nitrogen and oxygen atoms in total. The first-order chi connectivity index (χ1) is 11.1. The molecule has 6 heteroatoms. The number of aliphatic carboxylic acids is 1. The quantitative estimate of drug-likeness (QED) is 0.907. The summed E-state index contributed by atoms with van der Waals surface area (Å²) >= 11 is 0. The third kappa shape index (κ3) is 3.71. The molecule has 3 rings (SSSR count). The number of hydrogen-bond acceptors (Lipinski definition) is 4. The van der Waals surface area contributed by atoms with E-state index >= 15 is 0 Å². The van der Waals surface area contributed by atoms with E-state index in [1.807, 2.05) is 18.2 Å². The van der Waals surface area contributed by atoms with Crippen molar-refractivity contribution < 1.29 is 24.2 Å². The van der Waals surface area contributed by atoms with Crippen molar-refractivity contribution in [3.63, 3.8) is 0 Å². The van der Waals surface area contributed by atoms with Gasteiger partial charge in [0.25, 0.3) is 0 Å². The first-order valence-corrected chi connectivity index (χ1v) is 7.93. The SMILES string of the molecule is O=C(O)CC1COCCN1C(=O)CC1OCCc2ccccc21. The summed E-state index contributed by atoms with van der Waals surface area (Å²) < 4.78 is 11.1. The zero-order chi connectivity index (χ0) is 16.2. The molecule has 23 heavy (non-hydrogen) atoms. The Bertz CT molecular complexity index is 588. The second kappa shape index (κ2) is 7.10. The maximum Gasteiger partial charge on any atom is 0.305 e. The fourth-order valence-electron chi connectivity index (χ4n) is 3.28. The van der Waals surface area contributed by atoms with Crippen LogP contribution in [0.25, 0.3) is 0 Å².